The molecule has 149 heavy (non-hydrogen) atoms. The third-order valence-corrected chi connectivity index (χ3v) is 24.9. The summed E-state index contributed by atoms with van der Waals surface area (Å²) in [4.78, 5) is 31.2. The van der Waals surface area contributed by atoms with E-state index in [2.05, 4.69) is 457 Å². The molecule has 0 atom stereocenters. The van der Waals surface area contributed by atoms with Crippen molar-refractivity contribution < 1.29 is 0 Å². The van der Waals surface area contributed by atoms with E-state index in [1.54, 1.807) is 0 Å². The molecular formula is C132H209N17. The van der Waals surface area contributed by atoms with Crippen LogP contribution in [0.15, 0.2) is 195 Å². The van der Waals surface area contributed by atoms with Gasteiger partial charge in [-0.1, -0.05) is 354 Å². The van der Waals surface area contributed by atoms with Gasteiger partial charge >= 0.3 is 0 Å². The summed E-state index contributed by atoms with van der Waals surface area (Å²) >= 11 is 0. The maximum Gasteiger partial charge on any atom is 0.140 e. The highest BCUT2D eigenvalue weighted by Crippen LogP contribution is 2.41. The van der Waals surface area contributed by atoms with Gasteiger partial charge in [-0.15, -0.1) is 0 Å². The number of aromatic nitrogens is 17. The average Bonchev–Trinajstić information content (AvgIpc) is 1.61. The van der Waals surface area contributed by atoms with Crippen molar-refractivity contribution in [3.05, 3.63) is 297 Å². The number of pyridine rings is 8. The molecule has 0 radical (unpaired) electrons. The summed E-state index contributed by atoms with van der Waals surface area (Å²) < 4.78 is 19.6. The summed E-state index contributed by atoms with van der Waals surface area (Å²) in [5, 5.41) is 9.79. The van der Waals surface area contributed by atoms with E-state index in [4.69, 9.17) is 0 Å². The second-order valence-corrected chi connectivity index (χ2v) is 44.8. The Bertz CT molecular complexity index is 6260. The maximum absolute atomic E-state index is 4.62. The fourth-order valence-corrected chi connectivity index (χ4v) is 19.3. The molecular weight excluding hydrogens is 1820 g/mol. The van der Waals surface area contributed by atoms with E-state index >= 15 is 0 Å². The van der Waals surface area contributed by atoms with Crippen LogP contribution in [0.25, 0.3) is 77.0 Å². The Morgan fingerprint density at radius 3 is 1.09 bits per heavy atom. The van der Waals surface area contributed by atoms with Crippen molar-refractivity contribution >= 4 is 77.0 Å². The van der Waals surface area contributed by atoms with Crippen LogP contribution in [0.2, 0.25) is 0 Å². The Hall–Kier alpha value is -11.7. The van der Waals surface area contributed by atoms with E-state index in [-0.39, 0.29) is 48.7 Å². The Balaban J connectivity index is 0.000000821. The van der Waals surface area contributed by atoms with E-state index in [1.165, 1.54) is 133 Å². The largest absolute Gasteiger partial charge is 0.348 e. The molecule has 18 aromatic rings. The highest BCUT2D eigenvalue weighted by Gasteiger charge is 2.31. The van der Waals surface area contributed by atoms with Gasteiger partial charge in [0.15, 0.2) is 0 Å². The van der Waals surface area contributed by atoms with Crippen LogP contribution in [0.5, 0.6) is 0 Å². The van der Waals surface area contributed by atoms with E-state index in [0.717, 1.165) is 45.5 Å². The number of imidazole rings is 3. The topological polar surface area (TPSA) is 145 Å². The number of rotatable bonds is 0. The van der Waals surface area contributed by atoms with Crippen LogP contribution in [0.4, 0.5) is 0 Å². The van der Waals surface area contributed by atoms with Crippen molar-refractivity contribution in [3.63, 3.8) is 0 Å². The minimum atomic E-state index is 0.0958. The Labute approximate surface area is 907 Å². The monoisotopic (exact) mass is 2030 g/mol. The van der Waals surface area contributed by atoms with Crippen molar-refractivity contribution in [3.8, 4) is 0 Å². The Morgan fingerprint density at radius 2 is 0.597 bits per heavy atom. The number of benzene rings is 1. The highest BCUT2D eigenvalue weighted by molar-refractivity contribution is 5.89. The summed E-state index contributed by atoms with van der Waals surface area (Å²) in [7, 11) is 10.6. The first kappa shape index (κ1) is 135. The molecule has 822 valence electrons. The predicted molar refractivity (Wildman–Crippen MR) is 660 cm³/mol. The lowest BCUT2D eigenvalue weighted by atomic mass is 9.85. The molecule has 17 nitrogen and oxygen atoms in total. The molecule has 18 rings (SSSR count). The molecule has 0 saturated heterocycles. The van der Waals surface area contributed by atoms with Crippen LogP contribution in [0.3, 0.4) is 0 Å². The maximum atomic E-state index is 4.62. The average molecular weight is 2030 g/mol. The minimum absolute atomic E-state index is 0.0958. The molecule has 0 aliphatic carbocycles. The number of hydrogen-bond acceptors (Lipinski definition) is 8. The number of nitrogens with zero attached hydrogens (tertiary/aromatic N) is 17. The van der Waals surface area contributed by atoms with Gasteiger partial charge in [0.05, 0.1) is 73.3 Å². The van der Waals surface area contributed by atoms with Crippen molar-refractivity contribution in [2.24, 2.45) is 35.2 Å². The van der Waals surface area contributed by atoms with Crippen LogP contribution in [0, 0.1) is 62.3 Å². The standard InChI is InChI=1S/C14H19N.4C13H18N2.4C12H16N2.9C2H6/c1-10-13(14(2,3)4)11-8-6-7-9-12(11)15(10)5;1-9-12(13(2,3)4)10-8-14-7-6-11(10)15(9)5;1-9-12(13(2,3)4)10-6-7-14-8-11(10)15(9)5;1-9-11(13(2,3)4)12-10(15(9)5)7-6-8-14-12;1-9-11(13(2,3)4)10-7-6-8-14-12(10)15(9)5;1-9-13-11(12(2,3)4)10-7-5-6-8-14(9)10;1-9-11(12(2,3)4)14-8-6-5-7-10(14)13-9;1-9-11(12(2,3)4)10-7-5-6-8-14(10)13-9;1-9-10-7-5-6-8-14(10)11(13-9)12(2,3)4;9*1-2/h6-9H,1-5H3;4*6-8H,1-5H3;4*5-8H,1-4H3;9*1-2H3. The minimum Gasteiger partial charge on any atom is -0.348 e. The fraction of sp³-hybridized carbons (Fsp3) is 0.515. The first-order valence-corrected chi connectivity index (χ1v) is 55.5. The van der Waals surface area contributed by atoms with Crippen LogP contribution in [-0.2, 0) is 84.0 Å². The molecule has 0 amide bonds. The SMILES string of the molecule is CC.CC.CC.CC.CC.CC.CC.CC.CC.Cc1c(C(C)(C)C)c2ccccc2n1C.Cc1c(C(C)(C)C)c2cccnc2n1C.Cc1c(C(C)(C)C)c2ccncc2n1C.Cc1c(C(C)(C)C)c2cnccc2n1C.Cc1c(C(C)(C)C)c2ncccc2n1C.Cc1nc(C(C)(C)C)c2ccccn12.Cc1nc(C(C)(C)C)n2ccccc12.Cc1nc2ccccn2c1C(C)(C)C.Cc1nn2ccccc2c1C(C)(C)C. The summed E-state index contributed by atoms with van der Waals surface area (Å²) in [5.74, 6) is 2.19. The summed E-state index contributed by atoms with van der Waals surface area (Å²) in [6.07, 6.45) is 19.6. The third kappa shape index (κ3) is 33.9. The van der Waals surface area contributed by atoms with Gasteiger partial charge in [-0.25, -0.2) is 24.5 Å². The second-order valence-electron chi connectivity index (χ2n) is 44.8. The quantitative estimate of drug-likeness (QED) is 0.146. The smallest absolute Gasteiger partial charge is 0.140 e. The number of hydrogen-bond donors (Lipinski definition) is 0. The zero-order valence-corrected chi connectivity index (χ0v) is 106. The molecule has 17 heteroatoms. The lowest BCUT2D eigenvalue weighted by Crippen LogP contribution is -2.15. The van der Waals surface area contributed by atoms with Crippen molar-refractivity contribution in [1.29, 1.82) is 0 Å². The lowest BCUT2D eigenvalue weighted by molar-refractivity contribution is 0.542. The van der Waals surface area contributed by atoms with Crippen LogP contribution < -0.4 is 0 Å². The van der Waals surface area contributed by atoms with E-state index in [1.807, 2.05) is 228 Å². The van der Waals surface area contributed by atoms with Crippen LogP contribution >= 0.6 is 0 Å². The van der Waals surface area contributed by atoms with Gasteiger partial charge in [0.1, 0.15) is 22.9 Å². The summed E-state index contributed by atoms with van der Waals surface area (Å²) in [6, 6.07) is 45.9. The van der Waals surface area contributed by atoms with Crippen molar-refractivity contribution in [1.82, 2.24) is 80.5 Å². The molecule has 17 aromatic heterocycles. The number of aryl methyl sites for hydroxylation is 9. The zero-order valence-electron chi connectivity index (χ0n) is 106. The van der Waals surface area contributed by atoms with Crippen LogP contribution in [0.1, 0.15) is 414 Å². The normalized spacial score (nSPS) is 11.2. The van der Waals surface area contributed by atoms with Gasteiger partial charge in [0.2, 0.25) is 0 Å². The molecule has 0 spiro atoms. The molecule has 0 fully saturated rings. The van der Waals surface area contributed by atoms with Crippen molar-refractivity contribution in [2.75, 3.05) is 0 Å². The zero-order chi connectivity index (χ0) is 115. The number of para-hydroxylation sites is 1. The fourth-order valence-electron chi connectivity index (χ4n) is 19.3. The Kier molecular flexibility index (Phi) is 53.7. The predicted octanol–water partition coefficient (Wildman–Crippen LogP) is 37.5. The highest BCUT2D eigenvalue weighted by atomic mass is 15.2. The van der Waals surface area contributed by atoms with Gasteiger partial charge < -0.3 is 36.0 Å². The molecule has 0 N–H and O–H groups in total. The molecule has 17 heterocycles. The molecule has 0 unspecified atom stereocenters. The summed E-state index contributed by atoms with van der Waals surface area (Å²) in [6.45, 7) is 116. The van der Waals surface area contributed by atoms with Gasteiger partial charge in [-0.05, 0) is 208 Å². The van der Waals surface area contributed by atoms with Crippen molar-refractivity contribution in [2.45, 2.75) is 423 Å². The van der Waals surface area contributed by atoms with Gasteiger partial charge in [-0.2, -0.15) is 5.10 Å². The van der Waals surface area contributed by atoms with Gasteiger partial charge in [0, 0.05) is 174 Å². The lowest BCUT2D eigenvalue weighted by Gasteiger charge is -2.19. The van der Waals surface area contributed by atoms with E-state index in [0.29, 0.717) is 0 Å². The Morgan fingerprint density at radius 1 is 0.235 bits per heavy atom. The molecule has 0 aliphatic rings. The molecule has 0 aliphatic heterocycles. The van der Waals surface area contributed by atoms with Crippen LogP contribution in [-0.4, -0.2) is 80.5 Å². The van der Waals surface area contributed by atoms with Gasteiger partial charge in [-0.3, -0.25) is 15.0 Å². The third-order valence-electron chi connectivity index (χ3n) is 24.9. The first-order chi connectivity index (χ1) is 69.6. The molecule has 1 aromatic carbocycles. The van der Waals surface area contributed by atoms with Gasteiger partial charge in [0.25, 0.3) is 0 Å². The van der Waals surface area contributed by atoms with E-state index in [9.17, 15) is 0 Å². The molecule has 0 bridgehead atoms. The first-order valence-electron chi connectivity index (χ1n) is 55.5. The van der Waals surface area contributed by atoms with E-state index < -0.39 is 0 Å². The second kappa shape index (κ2) is 59.2. The number of fused-ring (bicyclic) bond motifs is 9. The molecule has 0 saturated carbocycles. The summed E-state index contributed by atoms with van der Waals surface area (Å²) in [5.41, 5.74) is 34.3.